The lowest BCUT2D eigenvalue weighted by molar-refractivity contribution is -0.384. The van der Waals surface area contributed by atoms with Crippen molar-refractivity contribution in [2.75, 3.05) is 16.8 Å². The van der Waals surface area contributed by atoms with E-state index in [9.17, 15) is 24.5 Å². The lowest BCUT2D eigenvalue weighted by Gasteiger charge is -2.20. The Morgan fingerprint density at radius 3 is 2.66 bits per heavy atom. The van der Waals surface area contributed by atoms with E-state index in [4.69, 9.17) is 16.3 Å². The van der Waals surface area contributed by atoms with Crippen LogP contribution < -0.4 is 10.2 Å². The van der Waals surface area contributed by atoms with E-state index in [2.05, 4.69) is 5.32 Å². The van der Waals surface area contributed by atoms with Crippen LogP contribution in [0.25, 0.3) is 0 Å². The topological polar surface area (TPSA) is 119 Å². The van der Waals surface area contributed by atoms with Crippen LogP contribution in [0, 0.1) is 29.9 Å². The molecule has 3 rings (SSSR count). The summed E-state index contributed by atoms with van der Waals surface area (Å²) in [5, 5.41) is 13.3. The number of amides is 2. The number of hydrogen-bond acceptors (Lipinski definition) is 6. The van der Waals surface area contributed by atoms with Crippen LogP contribution in [0.5, 0.6) is 0 Å². The number of ether oxygens (including phenoxy) is 1. The highest BCUT2D eigenvalue weighted by Gasteiger charge is 2.38. The summed E-state index contributed by atoms with van der Waals surface area (Å²) in [4.78, 5) is 49.3. The van der Waals surface area contributed by atoms with Gasteiger partial charge in [-0.1, -0.05) is 23.7 Å². The van der Waals surface area contributed by atoms with E-state index in [0.29, 0.717) is 0 Å². The molecule has 32 heavy (non-hydrogen) atoms. The molecule has 2 aromatic rings. The van der Waals surface area contributed by atoms with Gasteiger partial charge in [-0.2, -0.15) is 0 Å². The van der Waals surface area contributed by atoms with Crippen LogP contribution in [0.1, 0.15) is 24.5 Å². The monoisotopic (exact) mass is 459 g/mol. The molecule has 0 aromatic heterocycles. The number of benzene rings is 2. The number of halogens is 1. The summed E-state index contributed by atoms with van der Waals surface area (Å²) in [6, 6.07) is 9.24. The molecule has 2 unspecified atom stereocenters. The first-order chi connectivity index (χ1) is 15.1. The summed E-state index contributed by atoms with van der Waals surface area (Å²) in [7, 11) is 0. The number of nitro benzene ring substituents is 1. The maximum absolute atomic E-state index is 12.6. The molecule has 0 bridgehead atoms. The van der Waals surface area contributed by atoms with E-state index in [1.807, 2.05) is 32.0 Å². The second-order valence-corrected chi connectivity index (χ2v) is 8.02. The Labute approximate surface area is 189 Å². The number of rotatable bonds is 6. The van der Waals surface area contributed by atoms with Crippen LogP contribution in [0.15, 0.2) is 36.4 Å². The van der Waals surface area contributed by atoms with Crippen LogP contribution in [0.2, 0.25) is 5.02 Å². The standard InChI is InChI=1S/C22H22ClN3O6/c1-12-5-4-6-19(13(12)2)25-11-15(9-20(25)27)22(29)32-14(3)21(28)24-18-8-7-16(26(30)31)10-17(18)23/h4-8,10,14-15H,9,11H2,1-3H3,(H,24,28). The van der Waals surface area contributed by atoms with Crippen molar-refractivity contribution in [1.29, 1.82) is 0 Å². The number of carbonyl (C=O) groups is 3. The fourth-order valence-corrected chi connectivity index (χ4v) is 3.63. The summed E-state index contributed by atoms with van der Waals surface area (Å²) < 4.78 is 5.28. The van der Waals surface area contributed by atoms with Crippen molar-refractivity contribution in [3.8, 4) is 0 Å². The van der Waals surface area contributed by atoms with E-state index in [0.717, 1.165) is 22.9 Å². The lowest BCUT2D eigenvalue weighted by Crippen LogP contribution is -2.33. The summed E-state index contributed by atoms with van der Waals surface area (Å²) in [5.41, 5.74) is 2.69. The number of nitro groups is 1. The van der Waals surface area contributed by atoms with Crippen LogP contribution in [0.3, 0.4) is 0 Å². The molecule has 10 heteroatoms. The van der Waals surface area contributed by atoms with Gasteiger partial charge in [-0.15, -0.1) is 0 Å². The van der Waals surface area contributed by atoms with Crippen molar-refractivity contribution >= 4 is 46.4 Å². The normalized spacial score (nSPS) is 16.6. The molecular formula is C22H22ClN3O6. The van der Waals surface area contributed by atoms with Crippen LogP contribution >= 0.6 is 11.6 Å². The molecule has 2 atom stereocenters. The number of hydrogen-bond donors (Lipinski definition) is 1. The zero-order chi connectivity index (χ0) is 23.6. The van der Waals surface area contributed by atoms with Gasteiger partial charge >= 0.3 is 5.97 Å². The predicted molar refractivity (Wildman–Crippen MR) is 119 cm³/mol. The Bertz CT molecular complexity index is 1100. The van der Waals surface area contributed by atoms with Crippen molar-refractivity contribution in [3.63, 3.8) is 0 Å². The van der Waals surface area contributed by atoms with Crippen molar-refractivity contribution in [3.05, 3.63) is 62.7 Å². The van der Waals surface area contributed by atoms with Gasteiger partial charge < -0.3 is 15.0 Å². The van der Waals surface area contributed by atoms with E-state index < -0.39 is 28.8 Å². The van der Waals surface area contributed by atoms with Gasteiger partial charge in [0.05, 0.1) is 21.6 Å². The quantitative estimate of drug-likeness (QED) is 0.398. The fraction of sp³-hybridized carbons (Fsp3) is 0.318. The molecule has 168 valence electrons. The number of carbonyl (C=O) groups excluding carboxylic acids is 3. The van der Waals surface area contributed by atoms with Gasteiger partial charge in [0, 0.05) is 30.8 Å². The predicted octanol–water partition coefficient (Wildman–Crippen LogP) is 3.79. The number of esters is 1. The summed E-state index contributed by atoms with van der Waals surface area (Å²) >= 11 is 5.98. The highest BCUT2D eigenvalue weighted by atomic mass is 35.5. The Morgan fingerprint density at radius 1 is 1.28 bits per heavy atom. The van der Waals surface area contributed by atoms with E-state index >= 15 is 0 Å². The van der Waals surface area contributed by atoms with Gasteiger partial charge in [-0.3, -0.25) is 24.5 Å². The molecule has 2 aromatic carbocycles. The van der Waals surface area contributed by atoms with Crippen molar-refractivity contribution in [2.24, 2.45) is 5.92 Å². The SMILES string of the molecule is Cc1cccc(N2CC(C(=O)OC(C)C(=O)Nc3ccc([N+](=O)[O-])cc3Cl)CC2=O)c1C. The third-order valence-electron chi connectivity index (χ3n) is 5.41. The molecule has 0 aliphatic carbocycles. The zero-order valence-electron chi connectivity index (χ0n) is 17.8. The van der Waals surface area contributed by atoms with E-state index in [1.165, 1.54) is 19.1 Å². The molecule has 2 amide bonds. The van der Waals surface area contributed by atoms with Gasteiger partial charge in [0.1, 0.15) is 0 Å². The second kappa shape index (κ2) is 9.35. The highest BCUT2D eigenvalue weighted by molar-refractivity contribution is 6.34. The number of nitrogens with zero attached hydrogens (tertiary/aromatic N) is 2. The molecular weight excluding hydrogens is 438 g/mol. The van der Waals surface area contributed by atoms with Crippen LogP contribution in [0.4, 0.5) is 17.1 Å². The zero-order valence-corrected chi connectivity index (χ0v) is 18.5. The molecule has 0 saturated carbocycles. The van der Waals surface area contributed by atoms with Gasteiger partial charge in [0.15, 0.2) is 6.10 Å². The average molecular weight is 460 g/mol. The second-order valence-electron chi connectivity index (χ2n) is 7.61. The first kappa shape index (κ1) is 23.2. The largest absolute Gasteiger partial charge is 0.452 e. The molecule has 0 radical (unpaired) electrons. The third-order valence-corrected chi connectivity index (χ3v) is 5.72. The number of anilines is 2. The minimum absolute atomic E-state index is 0.00522. The summed E-state index contributed by atoms with van der Waals surface area (Å²) in [6.45, 7) is 5.43. The Hall–Kier alpha value is -3.46. The highest BCUT2D eigenvalue weighted by Crippen LogP contribution is 2.30. The number of nitrogens with one attached hydrogen (secondary N) is 1. The van der Waals surface area contributed by atoms with E-state index in [1.54, 1.807) is 4.90 Å². The van der Waals surface area contributed by atoms with Gasteiger partial charge in [0.2, 0.25) is 5.91 Å². The van der Waals surface area contributed by atoms with Crippen LogP contribution in [-0.4, -0.2) is 35.4 Å². The number of aryl methyl sites for hydroxylation is 1. The Morgan fingerprint density at radius 2 is 2.00 bits per heavy atom. The van der Waals surface area contributed by atoms with Crippen molar-refractivity contribution < 1.29 is 24.0 Å². The van der Waals surface area contributed by atoms with Gasteiger partial charge in [-0.05, 0) is 44.0 Å². The molecule has 1 aliphatic rings. The minimum atomic E-state index is -1.15. The molecule has 9 nitrogen and oxygen atoms in total. The van der Waals surface area contributed by atoms with Gasteiger partial charge in [0.25, 0.3) is 11.6 Å². The Balaban J connectivity index is 1.62. The van der Waals surface area contributed by atoms with Gasteiger partial charge in [-0.25, -0.2) is 0 Å². The third kappa shape index (κ3) is 4.88. The molecule has 1 saturated heterocycles. The molecule has 1 fully saturated rings. The summed E-state index contributed by atoms with van der Waals surface area (Å²) in [5.74, 6) is -2.18. The smallest absolute Gasteiger partial charge is 0.312 e. The molecule has 1 N–H and O–H groups in total. The molecule has 0 spiro atoms. The van der Waals surface area contributed by atoms with E-state index in [-0.39, 0.29) is 35.3 Å². The van der Waals surface area contributed by atoms with Crippen molar-refractivity contribution in [2.45, 2.75) is 33.3 Å². The maximum atomic E-state index is 12.6. The van der Waals surface area contributed by atoms with Crippen LogP contribution in [-0.2, 0) is 19.1 Å². The average Bonchev–Trinajstić information content (AvgIpc) is 3.12. The molecule has 1 heterocycles. The molecule has 1 aliphatic heterocycles. The lowest BCUT2D eigenvalue weighted by atomic mass is 10.1. The number of non-ortho nitro benzene ring substituents is 1. The summed E-state index contributed by atoms with van der Waals surface area (Å²) in [6.07, 6.45) is -1.16. The first-order valence-corrected chi connectivity index (χ1v) is 10.3. The minimum Gasteiger partial charge on any atom is -0.452 e. The fourth-order valence-electron chi connectivity index (χ4n) is 3.40. The maximum Gasteiger partial charge on any atom is 0.312 e. The first-order valence-electron chi connectivity index (χ1n) is 9.90. The Kier molecular flexibility index (Phi) is 6.78. The van der Waals surface area contributed by atoms with Crippen molar-refractivity contribution in [1.82, 2.24) is 0 Å².